The number of aryl methyl sites for hydroxylation is 3. The Bertz CT molecular complexity index is 976. The highest BCUT2D eigenvalue weighted by atomic mass is 79.9. The van der Waals surface area contributed by atoms with Gasteiger partial charge in [-0.15, -0.1) is 0 Å². The standard InChI is InChI=1S/C17H18BrN5O/c1-10-15(9-19-16-11(2)20-22(4)12(16)3)17(24)23(21-10)14-7-5-13(18)6-8-14/h5-9,21H,1-4H3. The van der Waals surface area contributed by atoms with Gasteiger partial charge in [-0.2, -0.15) is 5.10 Å². The molecule has 0 amide bonds. The molecule has 2 aromatic heterocycles. The van der Waals surface area contributed by atoms with Gasteiger partial charge < -0.3 is 0 Å². The smallest absolute Gasteiger partial charge is 0.280 e. The first-order chi connectivity index (χ1) is 11.4. The minimum atomic E-state index is -0.127. The molecule has 6 nitrogen and oxygen atoms in total. The summed E-state index contributed by atoms with van der Waals surface area (Å²) in [5.74, 6) is 0. The van der Waals surface area contributed by atoms with Crippen molar-refractivity contribution >= 4 is 27.8 Å². The Morgan fingerprint density at radius 1 is 1.21 bits per heavy atom. The van der Waals surface area contributed by atoms with Crippen LogP contribution in [0.4, 0.5) is 5.69 Å². The third-order valence-electron chi connectivity index (χ3n) is 4.00. The summed E-state index contributed by atoms with van der Waals surface area (Å²) >= 11 is 3.40. The van der Waals surface area contributed by atoms with E-state index in [1.807, 2.05) is 52.1 Å². The third-order valence-corrected chi connectivity index (χ3v) is 4.52. The Labute approximate surface area is 148 Å². The molecule has 0 aliphatic rings. The van der Waals surface area contributed by atoms with Crippen molar-refractivity contribution in [2.24, 2.45) is 12.0 Å². The van der Waals surface area contributed by atoms with Gasteiger partial charge in [-0.1, -0.05) is 15.9 Å². The van der Waals surface area contributed by atoms with Crippen LogP contribution in [0.25, 0.3) is 5.69 Å². The van der Waals surface area contributed by atoms with Crippen LogP contribution in [-0.4, -0.2) is 25.8 Å². The van der Waals surface area contributed by atoms with Gasteiger partial charge in [-0.05, 0) is 45.0 Å². The van der Waals surface area contributed by atoms with Crippen LogP contribution in [-0.2, 0) is 7.05 Å². The van der Waals surface area contributed by atoms with Crippen LogP contribution in [0.1, 0.15) is 22.6 Å². The minimum Gasteiger partial charge on any atom is -0.295 e. The van der Waals surface area contributed by atoms with E-state index in [0.29, 0.717) is 5.56 Å². The molecule has 0 aliphatic heterocycles. The van der Waals surface area contributed by atoms with E-state index in [9.17, 15) is 4.79 Å². The highest BCUT2D eigenvalue weighted by molar-refractivity contribution is 9.10. The average molecular weight is 388 g/mol. The second-order valence-electron chi connectivity index (χ2n) is 5.67. The molecule has 0 atom stereocenters. The van der Waals surface area contributed by atoms with Crippen LogP contribution < -0.4 is 5.56 Å². The Balaban J connectivity index is 2.02. The number of H-pyrrole nitrogens is 1. The number of halogens is 1. The van der Waals surface area contributed by atoms with Gasteiger partial charge >= 0.3 is 0 Å². The number of hydrogen-bond acceptors (Lipinski definition) is 3. The lowest BCUT2D eigenvalue weighted by molar-refractivity contribution is 0.731. The Morgan fingerprint density at radius 2 is 1.88 bits per heavy atom. The maximum atomic E-state index is 12.7. The second kappa shape index (κ2) is 6.24. The van der Waals surface area contributed by atoms with E-state index in [1.54, 1.807) is 10.9 Å². The zero-order valence-corrected chi connectivity index (χ0v) is 15.5. The molecular formula is C17H18BrN5O. The van der Waals surface area contributed by atoms with E-state index in [0.717, 1.165) is 32.9 Å². The molecule has 0 unspecified atom stereocenters. The first kappa shape index (κ1) is 16.4. The Morgan fingerprint density at radius 3 is 2.46 bits per heavy atom. The monoisotopic (exact) mass is 387 g/mol. The quantitative estimate of drug-likeness (QED) is 0.700. The molecular weight excluding hydrogens is 370 g/mol. The highest BCUT2D eigenvalue weighted by Gasteiger charge is 2.12. The van der Waals surface area contributed by atoms with E-state index in [2.05, 4.69) is 31.1 Å². The maximum Gasteiger partial charge on any atom is 0.280 e. The van der Waals surface area contributed by atoms with Crippen molar-refractivity contribution in [3.05, 3.63) is 61.7 Å². The second-order valence-corrected chi connectivity index (χ2v) is 6.58. The van der Waals surface area contributed by atoms with Crippen LogP contribution in [0, 0.1) is 20.8 Å². The van der Waals surface area contributed by atoms with Crippen LogP contribution in [0.3, 0.4) is 0 Å². The van der Waals surface area contributed by atoms with Gasteiger partial charge in [0.05, 0.1) is 22.6 Å². The van der Waals surface area contributed by atoms with Crippen LogP contribution >= 0.6 is 15.9 Å². The fourth-order valence-electron chi connectivity index (χ4n) is 2.56. The summed E-state index contributed by atoms with van der Waals surface area (Å²) in [6.07, 6.45) is 1.61. The number of hydrogen-bond donors (Lipinski definition) is 1. The van der Waals surface area contributed by atoms with E-state index < -0.39 is 0 Å². The Kier molecular flexibility index (Phi) is 4.28. The number of nitrogens with zero attached hydrogens (tertiary/aromatic N) is 4. The lowest BCUT2D eigenvalue weighted by Crippen LogP contribution is -2.17. The molecule has 124 valence electrons. The number of aromatic amines is 1. The minimum absolute atomic E-state index is 0.127. The van der Waals surface area contributed by atoms with Crippen molar-refractivity contribution < 1.29 is 0 Å². The van der Waals surface area contributed by atoms with Crippen LogP contribution in [0.5, 0.6) is 0 Å². The zero-order chi connectivity index (χ0) is 17.4. The summed E-state index contributed by atoms with van der Waals surface area (Å²) in [7, 11) is 1.88. The van der Waals surface area contributed by atoms with Gasteiger partial charge in [0.25, 0.3) is 5.56 Å². The molecule has 0 saturated heterocycles. The van der Waals surface area contributed by atoms with Crippen molar-refractivity contribution in [3.8, 4) is 5.69 Å². The molecule has 0 spiro atoms. The van der Waals surface area contributed by atoms with Gasteiger partial charge in [0.2, 0.25) is 0 Å². The molecule has 0 bridgehead atoms. The van der Waals surface area contributed by atoms with Crippen LogP contribution in [0.15, 0.2) is 38.5 Å². The summed E-state index contributed by atoms with van der Waals surface area (Å²) < 4.78 is 4.27. The van der Waals surface area contributed by atoms with Crippen LogP contribution in [0.2, 0.25) is 0 Å². The summed E-state index contributed by atoms with van der Waals surface area (Å²) in [5.41, 5.74) is 4.56. The third kappa shape index (κ3) is 2.87. The molecule has 0 saturated carbocycles. The fraction of sp³-hybridized carbons (Fsp3) is 0.235. The topological polar surface area (TPSA) is 68.0 Å². The van der Waals surface area contributed by atoms with Crippen molar-refractivity contribution in [2.45, 2.75) is 20.8 Å². The van der Waals surface area contributed by atoms with Gasteiger partial charge in [-0.25, -0.2) is 4.68 Å². The van der Waals surface area contributed by atoms with E-state index in [-0.39, 0.29) is 5.56 Å². The maximum absolute atomic E-state index is 12.7. The molecule has 1 N–H and O–H groups in total. The predicted octanol–water partition coefficient (Wildman–Crippen LogP) is 3.34. The predicted molar refractivity (Wildman–Crippen MR) is 98.8 cm³/mol. The van der Waals surface area contributed by atoms with E-state index in [4.69, 9.17) is 0 Å². The van der Waals surface area contributed by atoms with Crippen molar-refractivity contribution in [3.63, 3.8) is 0 Å². The van der Waals surface area contributed by atoms with E-state index >= 15 is 0 Å². The first-order valence-corrected chi connectivity index (χ1v) is 8.29. The summed E-state index contributed by atoms with van der Waals surface area (Å²) in [4.78, 5) is 17.2. The van der Waals surface area contributed by atoms with Gasteiger partial charge in [0.1, 0.15) is 5.69 Å². The summed E-state index contributed by atoms with van der Waals surface area (Å²) in [6.45, 7) is 5.72. The summed E-state index contributed by atoms with van der Waals surface area (Å²) in [5, 5.41) is 7.43. The Hall–Kier alpha value is -2.41. The largest absolute Gasteiger partial charge is 0.295 e. The number of nitrogens with one attached hydrogen (secondary N) is 1. The first-order valence-electron chi connectivity index (χ1n) is 7.50. The highest BCUT2D eigenvalue weighted by Crippen LogP contribution is 2.22. The lowest BCUT2D eigenvalue weighted by atomic mass is 10.2. The molecule has 2 heterocycles. The molecule has 3 aromatic rings. The molecule has 0 fully saturated rings. The summed E-state index contributed by atoms with van der Waals surface area (Å²) in [6, 6.07) is 7.54. The molecule has 3 rings (SSSR count). The van der Waals surface area contributed by atoms with Gasteiger partial charge in [0, 0.05) is 23.4 Å². The van der Waals surface area contributed by atoms with Gasteiger partial charge in [0.15, 0.2) is 0 Å². The van der Waals surface area contributed by atoms with Crippen molar-refractivity contribution in [2.75, 3.05) is 0 Å². The van der Waals surface area contributed by atoms with Crippen molar-refractivity contribution in [1.82, 2.24) is 19.6 Å². The molecule has 7 heteroatoms. The average Bonchev–Trinajstić information content (AvgIpc) is 2.95. The fourth-order valence-corrected chi connectivity index (χ4v) is 2.83. The molecule has 0 radical (unpaired) electrons. The molecule has 24 heavy (non-hydrogen) atoms. The molecule has 1 aromatic carbocycles. The zero-order valence-electron chi connectivity index (χ0n) is 14.0. The molecule has 0 aliphatic carbocycles. The van der Waals surface area contributed by atoms with Gasteiger partial charge in [-0.3, -0.25) is 19.6 Å². The van der Waals surface area contributed by atoms with E-state index in [1.165, 1.54) is 4.68 Å². The number of rotatable bonds is 3. The number of aliphatic imine (C=N–C) groups is 1. The lowest BCUT2D eigenvalue weighted by Gasteiger charge is -2.00. The number of aromatic nitrogens is 4. The SMILES string of the molecule is Cc1nn(C)c(C)c1N=Cc1c(C)[nH]n(-c2ccc(Br)cc2)c1=O. The normalized spacial score (nSPS) is 11.5. The number of benzene rings is 1. The van der Waals surface area contributed by atoms with Crippen molar-refractivity contribution in [1.29, 1.82) is 0 Å².